The van der Waals surface area contributed by atoms with Crippen LogP contribution in [0.25, 0.3) is 10.9 Å². The van der Waals surface area contributed by atoms with Gasteiger partial charge in [-0.3, -0.25) is 0 Å². The van der Waals surface area contributed by atoms with E-state index in [1.165, 1.54) is 14.2 Å². The standard InChI is InChI=1S/C23H27N5O4/c1-14(2)20(22(29)32-4)28-21-15-9-5-6-10-16(15)25-19(27-21)13-24-23(30)26-17-11-7-8-12-18(17)31-3/h5-12,14,20H,13H2,1-4H3,(H2,24,26,30)(H,25,27,28)/t20-/m0/s1. The number of urea groups is 1. The van der Waals surface area contributed by atoms with Crippen molar-refractivity contribution in [3.63, 3.8) is 0 Å². The van der Waals surface area contributed by atoms with Gasteiger partial charge in [0.05, 0.1) is 32.0 Å². The van der Waals surface area contributed by atoms with Crippen LogP contribution in [-0.4, -0.2) is 42.2 Å². The third-order valence-corrected chi connectivity index (χ3v) is 4.83. The molecule has 0 bridgehead atoms. The van der Waals surface area contributed by atoms with Crippen LogP contribution in [0.1, 0.15) is 19.7 Å². The van der Waals surface area contributed by atoms with Gasteiger partial charge in [0, 0.05) is 5.39 Å². The molecule has 0 aliphatic heterocycles. The number of methoxy groups -OCH3 is 2. The van der Waals surface area contributed by atoms with E-state index in [0.717, 1.165) is 5.39 Å². The highest BCUT2D eigenvalue weighted by Gasteiger charge is 2.24. The molecule has 1 aromatic heterocycles. The quantitative estimate of drug-likeness (QED) is 0.462. The monoisotopic (exact) mass is 437 g/mol. The minimum Gasteiger partial charge on any atom is -0.495 e. The molecule has 9 nitrogen and oxygen atoms in total. The third-order valence-electron chi connectivity index (χ3n) is 4.83. The maximum absolute atomic E-state index is 12.4. The average molecular weight is 438 g/mol. The molecule has 0 saturated heterocycles. The SMILES string of the molecule is COC(=O)[C@@H](Nc1nc(CNC(=O)Nc2ccccc2OC)nc2ccccc12)C(C)C. The van der Waals surface area contributed by atoms with Crippen LogP contribution in [0.4, 0.5) is 16.3 Å². The van der Waals surface area contributed by atoms with E-state index in [2.05, 4.69) is 25.9 Å². The summed E-state index contributed by atoms with van der Waals surface area (Å²) in [6, 6.07) is 13.6. The largest absolute Gasteiger partial charge is 0.495 e. The van der Waals surface area contributed by atoms with Crippen molar-refractivity contribution in [2.24, 2.45) is 5.92 Å². The van der Waals surface area contributed by atoms with E-state index < -0.39 is 12.1 Å². The van der Waals surface area contributed by atoms with Gasteiger partial charge in [0.25, 0.3) is 0 Å². The Bertz CT molecular complexity index is 1100. The second-order valence-electron chi connectivity index (χ2n) is 7.40. The van der Waals surface area contributed by atoms with Crippen LogP contribution in [0.3, 0.4) is 0 Å². The number of ether oxygens (including phenoxy) is 2. The highest BCUT2D eigenvalue weighted by Crippen LogP contribution is 2.24. The van der Waals surface area contributed by atoms with Gasteiger partial charge >= 0.3 is 12.0 Å². The fourth-order valence-corrected chi connectivity index (χ4v) is 3.16. The molecule has 0 aliphatic carbocycles. The Morgan fingerprint density at radius 3 is 2.44 bits per heavy atom. The van der Waals surface area contributed by atoms with E-state index in [-0.39, 0.29) is 18.4 Å². The summed E-state index contributed by atoms with van der Waals surface area (Å²) >= 11 is 0. The van der Waals surface area contributed by atoms with E-state index >= 15 is 0 Å². The van der Waals surface area contributed by atoms with Crippen LogP contribution in [0, 0.1) is 5.92 Å². The first-order chi connectivity index (χ1) is 15.4. The molecule has 0 radical (unpaired) electrons. The van der Waals surface area contributed by atoms with Gasteiger partial charge in [-0.05, 0) is 30.2 Å². The number of amides is 2. The summed E-state index contributed by atoms with van der Waals surface area (Å²) < 4.78 is 10.2. The number of nitrogens with one attached hydrogen (secondary N) is 3. The van der Waals surface area contributed by atoms with Gasteiger partial charge < -0.3 is 25.4 Å². The van der Waals surface area contributed by atoms with E-state index in [1.807, 2.05) is 44.2 Å². The van der Waals surface area contributed by atoms with E-state index in [4.69, 9.17) is 9.47 Å². The number of nitrogens with zero attached hydrogens (tertiary/aromatic N) is 2. The summed E-state index contributed by atoms with van der Waals surface area (Å²) in [5, 5.41) is 9.45. The van der Waals surface area contributed by atoms with Gasteiger partial charge in [-0.25, -0.2) is 19.6 Å². The zero-order valence-corrected chi connectivity index (χ0v) is 18.5. The zero-order valence-electron chi connectivity index (χ0n) is 18.5. The maximum atomic E-state index is 12.4. The van der Waals surface area contributed by atoms with Gasteiger partial charge in [-0.15, -0.1) is 0 Å². The smallest absolute Gasteiger partial charge is 0.328 e. The molecule has 0 saturated carbocycles. The first-order valence-corrected chi connectivity index (χ1v) is 10.2. The topological polar surface area (TPSA) is 114 Å². The molecule has 2 aromatic carbocycles. The summed E-state index contributed by atoms with van der Waals surface area (Å²) in [7, 11) is 2.89. The summed E-state index contributed by atoms with van der Waals surface area (Å²) in [5.41, 5.74) is 1.24. The first-order valence-electron chi connectivity index (χ1n) is 10.2. The lowest BCUT2D eigenvalue weighted by Gasteiger charge is -2.21. The lowest BCUT2D eigenvalue weighted by Crippen LogP contribution is -2.36. The number of fused-ring (bicyclic) bond motifs is 1. The Morgan fingerprint density at radius 1 is 1.00 bits per heavy atom. The molecule has 1 heterocycles. The molecule has 0 spiro atoms. The van der Waals surface area contributed by atoms with Gasteiger partial charge in [0.15, 0.2) is 5.82 Å². The molecule has 2 amide bonds. The third kappa shape index (κ3) is 5.42. The average Bonchev–Trinajstić information content (AvgIpc) is 2.80. The molecular formula is C23H27N5O4. The Morgan fingerprint density at radius 2 is 1.72 bits per heavy atom. The lowest BCUT2D eigenvalue weighted by atomic mass is 10.0. The van der Waals surface area contributed by atoms with E-state index in [0.29, 0.717) is 28.6 Å². The van der Waals surface area contributed by atoms with Crippen molar-refractivity contribution in [2.45, 2.75) is 26.4 Å². The fourth-order valence-electron chi connectivity index (χ4n) is 3.16. The molecule has 0 unspecified atom stereocenters. The van der Waals surface area contributed by atoms with Gasteiger partial charge in [-0.2, -0.15) is 0 Å². The van der Waals surface area contributed by atoms with Crippen molar-refractivity contribution in [3.05, 3.63) is 54.4 Å². The Hall–Kier alpha value is -3.88. The van der Waals surface area contributed by atoms with Crippen LogP contribution in [-0.2, 0) is 16.1 Å². The van der Waals surface area contributed by atoms with Crippen LogP contribution < -0.4 is 20.7 Å². The lowest BCUT2D eigenvalue weighted by molar-refractivity contribution is -0.142. The number of benzene rings is 2. The van der Waals surface area contributed by atoms with Gasteiger partial charge in [-0.1, -0.05) is 38.1 Å². The maximum Gasteiger partial charge on any atom is 0.328 e. The zero-order chi connectivity index (χ0) is 23.1. The summed E-state index contributed by atoms with van der Waals surface area (Å²) in [6.07, 6.45) is 0. The van der Waals surface area contributed by atoms with Crippen LogP contribution >= 0.6 is 0 Å². The van der Waals surface area contributed by atoms with Crippen LogP contribution in [0.15, 0.2) is 48.5 Å². The Labute approximate surface area is 186 Å². The van der Waals surface area contributed by atoms with Gasteiger partial charge in [0.1, 0.15) is 17.6 Å². The molecule has 3 rings (SSSR count). The van der Waals surface area contributed by atoms with Crippen LogP contribution in [0.2, 0.25) is 0 Å². The number of anilines is 2. The second kappa shape index (κ2) is 10.4. The van der Waals surface area contributed by atoms with E-state index in [1.54, 1.807) is 18.2 Å². The molecule has 1 atom stereocenters. The molecule has 0 aliphatic rings. The summed E-state index contributed by atoms with van der Waals surface area (Å²) in [5.74, 6) is 1.05. The number of esters is 1. The number of aromatic nitrogens is 2. The normalized spacial score (nSPS) is 11.7. The molecule has 3 aromatic rings. The van der Waals surface area contributed by atoms with Crippen molar-refractivity contribution in [2.75, 3.05) is 24.9 Å². The van der Waals surface area contributed by atoms with Crippen LogP contribution in [0.5, 0.6) is 5.75 Å². The van der Waals surface area contributed by atoms with Crippen molar-refractivity contribution in [1.82, 2.24) is 15.3 Å². The minimum absolute atomic E-state index is 0.0237. The Balaban J connectivity index is 1.80. The highest BCUT2D eigenvalue weighted by molar-refractivity contribution is 5.92. The molecule has 3 N–H and O–H groups in total. The van der Waals surface area contributed by atoms with E-state index in [9.17, 15) is 9.59 Å². The van der Waals surface area contributed by atoms with Gasteiger partial charge in [0.2, 0.25) is 0 Å². The number of hydrogen-bond acceptors (Lipinski definition) is 7. The molecule has 168 valence electrons. The van der Waals surface area contributed by atoms with Crippen molar-refractivity contribution >= 4 is 34.4 Å². The number of para-hydroxylation sites is 3. The summed E-state index contributed by atoms with van der Waals surface area (Å²) in [6.45, 7) is 3.93. The predicted molar refractivity (Wildman–Crippen MR) is 123 cm³/mol. The number of carbonyl (C=O) groups is 2. The predicted octanol–water partition coefficient (Wildman–Crippen LogP) is 3.57. The molecule has 9 heteroatoms. The second-order valence-corrected chi connectivity index (χ2v) is 7.40. The minimum atomic E-state index is -0.576. The summed E-state index contributed by atoms with van der Waals surface area (Å²) in [4.78, 5) is 33.7. The number of carbonyl (C=O) groups excluding carboxylic acids is 2. The van der Waals surface area contributed by atoms with Crippen molar-refractivity contribution in [1.29, 1.82) is 0 Å². The number of hydrogen-bond donors (Lipinski definition) is 3. The first kappa shape index (κ1) is 22.8. The highest BCUT2D eigenvalue weighted by atomic mass is 16.5. The Kier molecular flexibility index (Phi) is 7.43. The molecule has 0 fully saturated rings. The molecular weight excluding hydrogens is 410 g/mol. The van der Waals surface area contributed by atoms with Crippen molar-refractivity contribution in [3.8, 4) is 5.75 Å². The fraction of sp³-hybridized carbons (Fsp3) is 0.304. The number of rotatable bonds is 8. The molecule has 32 heavy (non-hydrogen) atoms. The van der Waals surface area contributed by atoms with Crippen molar-refractivity contribution < 1.29 is 19.1 Å².